The van der Waals surface area contributed by atoms with E-state index in [9.17, 15) is 14.4 Å². The van der Waals surface area contributed by atoms with Crippen LogP contribution < -0.4 is 0 Å². The van der Waals surface area contributed by atoms with Crippen molar-refractivity contribution >= 4 is 17.9 Å². The van der Waals surface area contributed by atoms with Gasteiger partial charge in [-0.3, -0.25) is 14.4 Å². The zero-order valence-electron chi connectivity index (χ0n) is 41.8. The average molecular weight is 891 g/mol. The predicted octanol–water partition coefficient (Wildman–Crippen LogP) is 17.6. The molecule has 0 rings (SSSR count). The molecule has 0 radical (unpaired) electrons. The number of esters is 3. The van der Waals surface area contributed by atoms with Crippen LogP contribution in [0.5, 0.6) is 0 Å². The summed E-state index contributed by atoms with van der Waals surface area (Å²) in [6, 6.07) is 0. The van der Waals surface area contributed by atoms with Crippen molar-refractivity contribution in [3.63, 3.8) is 0 Å². The molecule has 0 aromatic rings. The Bertz CT molecular complexity index is 1250. The van der Waals surface area contributed by atoms with Crippen molar-refractivity contribution < 1.29 is 28.6 Å². The lowest BCUT2D eigenvalue weighted by molar-refractivity contribution is -0.167. The second kappa shape index (κ2) is 52.2. The normalized spacial score (nSPS) is 12.7. The molecule has 0 fully saturated rings. The summed E-state index contributed by atoms with van der Waals surface area (Å²) in [5.74, 6) is -0.905. The first-order valence-electron chi connectivity index (χ1n) is 26.6. The van der Waals surface area contributed by atoms with Gasteiger partial charge in [0.15, 0.2) is 6.10 Å². The maximum Gasteiger partial charge on any atom is 0.306 e. The van der Waals surface area contributed by atoms with Crippen LogP contribution in [0.1, 0.15) is 245 Å². The quantitative estimate of drug-likeness (QED) is 0.0262. The second-order valence-electron chi connectivity index (χ2n) is 17.4. The minimum atomic E-state index is -0.780. The highest BCUT2D eigenvalue weighted by Crippen LogP contribution is 2.14. The SMILES string of the molecule is CC/C=C\C/C=C\C/C=C\C/C=C\C/C=C\C/C=C\CCCCCCCCCCC(=O)OCC(COC(=O)CCCCCCCCCCC)OC(=O)CCCCCCC/C=C\CCC. The van der Waals surface area contributed by atoms with Crippen molar-refractivity contribution in [1.29, 1.82) is 0 Å². The summed E-state index contributed by atoms with van der Waals surface area (Å²) < 4.78 is 16.7. The standard InChI is InChI=1S/C58H98O6/c1-4-7-10-13-16-19-21-22-23-24-25-26-27-28-29-30-31-32-33-34-35-36-37-40-42-45-48-51-57(60)63-54-55(53-62-56(59)50-47-44-41-38-18-15-12-9-6-3)64-58(61)52-49-46-43-39-20-17-14-11-8-5-2/h7,10-11,14,16,19,22-23,25-26,28-29,31-32,55H,4-6,8-9,12-13,15,17-18,20-21,24,27,30,33-54H2,1-3H3/b10-7-,14-11-,19-16-,23-22-,26-25-,29-28-,32-31-. The Morgan fingerprint density at radius 1 is 0.328 bits per heavy atom. The molecule has 0 bridgehead atoms. The number of rotatable bonds is 47. The Hall–Kier alpha value is -3.41. The molecule has 0 aromatic heterocycles. The van der Waals surface area contributed by atoms with Crippen LogP contribution in [0.15, 0.2) is 85.1 Å². The van der Waals surface area contributed by atoms with Crippen LogP contribution in [0.3, 0.4) is 0 Å². The third-order valence-corrected chi connectivity index (χ3v) is 11.1. The molecule has 0 aliphatic rings. The third kappa shape index (κ3) is 49.6. The van der Waals surface area contributed by atoms with Crippen LogP contribution in [0.25, 0.3) is 0 Å². The average Bonchev–Trinajstić information content (AvgIpc) is 3.29. The molecule has 0 amide bonds. The molecular weight excluding hydrogens is 793 g/mol. The van der Waals surface area contributed by atoms with Gasteiger partial charge in [0.25, 0.3) is 0 Å². The van der Waals surface area contributed by atoms with Crippen LogP contribution >= 0.6 is 0 Å². The molecule has 6 nitrogen and oxygen atoms in total. The maximum atomic E-state index is 12.7. The molecule has 1 atom stereocenters. The van der Waals surface area contributed by atoms with E-state index >= 15 is 0 Å². The van der Waals surface area contributed by atoms with Gasteiger partial charge in [-0.15, -0.1) is 0 Å². The molecule has 1 unspecified atom stereocenters. The van der Waals surface area contributed by atoms with Crippen LogP contribution in [0.2, 0.25) is 0 Å². The Balaban J connectivity index is 4.19. The molecular formula is C58H98O6. The lowest BCUT2D eigenvalue weighted by Gasteiger charge is -2.18. The van der Waals surface area contributed by atoms with Crippen LogP contribution in [-0.4, -0.2) is 37.2 Å². The molecule has 366 valence electrons. The van der Waals surface area contributed by atoms with Crippen LogP contribution in [-0.2, 0) is 28.6 Å². The summed E-state index contributed by atoms with van der Waals surface area (Å²) in [7, 11) is 0. The second-order valence-corrected chi connectivity index (χ2v) is 17.4. The van der Waals surface area contributed by atoms with E-state index in [-0.39, 0.29) is 31.1 Å². The van der Waals surface area contributed by atoms with Gasteiger partial charge in [0.05, 0.1) is 0 Å². The van der Waals surface area contributed by atoms with Gasteiger partial charge < -0.3 is 14.2 Å². The number of hydrogen-bond acceptors (Lipinski definition) is 6. The maximum absolute atomic E-state index is 12.7. The number of allylic oxidation sites excluding steroid dienone is 14. The summed E-state index contributed by atoms with van der Waals surface area (Å²) >= 11 is 0. The summed E-state index contributed by atoms with van der Waals surface area (Å²) in [6.45, 7) is 6.42. The topological polar surface area (TPSA) is 78.9 Å². The molecule has 64 heavy (non-hydrogen) atoms. The van der Waals surface area contributed by atoms with Gasteiger partial charge in [-0.25, -0.2) is 0 Å². The molecule has 0 N–H and O–H groups in total. The minimum Gasteiger partial charge on any atom is -0.462 e. The van der Waals surface area contributed by atoms with Crippen molar-refractivity contribution in [3.8, 4) is 0 Å². The summed E-state index contributed by atoms with van der Waals surface area (Å²) in [5.41, 5.74) is 0. The van der Waals surface area contributed by atoms with Gasteiger partial charge in [0.2, 0.25) is 0 Å². The predicted molar refractivity (Wildman–Crippen MR) is 274 cm³/mol. The number of unbranched alkanes of at least 4 members (excludes halogenated alkanes) is 22. The van der Waals surface area contributed by atoms with E-state index in [2.05, 4.69) is 106 Å². The van der Waals surface area contributed by atoms with Crippen molar-refractivity contribution in [1.82, 2.24) is 0 Å². The number of ether oxygens (including phenoxy) is 3. The molecule has 0 aliphatic heterocycles. The first kappa shape index (κ1) is 60.6. The molecule has 0 saturated heterocycles. The van der Waals surface area contributed by atoms with Crippen LogP contribution in [0, 0.1) is 0 Å². The van der Waals surface area contributed by atoms with Gasteiger partial charge in [0, 0.05) is 19.3 Å². The van der Waals surface area contributed by atoms with E-state index in [1.807, 2.05) is 0 Å². The summed E-state index contributed by atoms with van der Waals surface area (Å²) in [5, 5.41) is 0. The zero-order chi connectivity index (χ0) is 46.5. The number of hydrogen-bond donors (Lipinski definition) is 0. The Kier molecular flexibility index (Phi) is 49.4. The first-order chi connectivity index (χ1) is 31.5. The van der Waals surface area contributed by atoms with E-state index in [0.717, 1.165) is 122 Å². The molecule has 0 aromatic carbocycles. The van der Waals surface area contributed by atoms with E-state index in [0.29, 0.717) is 19.3 Å². The van der Waals surface area contributed by atoms with Gasteiger partial charge in [-0.1, -0.05) is 221 Å². The van der Waals surface area contributed by atoms with E-state index < -0.39 is 6.10 Å². The van der Waals surface area contributed by atoms with Gasteiger partial charge in [0.1, 0.15) is 13.2 Å². The van der Waals surface area contributed by atoms with Gasteiger partial charge in [-0.2, -0.15) is 0 Å². The zero-order valence-corrected chi connectivity index (χ0v) is 41.8. The monoisotopic (exact) mass is 891 g/mol. The summed E-state index contributed by atoms with van der Waals surface area (Å²) in [6.07, 6.45) is 67.3. The highest BCUT2D eigenvalue weighted by molar-refractivity contribution is 5.71. The van der Waals surface area contributed by atoms with Crippen LogP contribution in [0.4, 0.5) is 0 Å². The fourth-order valence-corrected chi connectivity index (χ4v) is 7.15. The van der Waals surface area contributed by atoms with Gasteiger partial charge >= 0.3 is 17.9 Å². The third-order valence-electron chi connectivity index (χ3n) is 11.1. The Labute approximate surface area is 395 Å². The lowest BCUT2D eigenvalue weighted by Crippen LogP contribution is -2.30. The highest BCUT2D eigenvalue weighted by atomic mass is 16.6. The molecule has 6 heteroatoms. The fraction of sp³-hybridized carbons (Fsp3) is 0.707. The first-order valence-corrected chi connectivity index (χ1v) is 26.6. The van der Waals surface area contributed by atoms with E-state index in [4.69, 9.17) is 14.2 Å². The highest BCUT2D eigenvalue weighted by Gasteiger charge is 2.19. The number of carbonyl (C=O) groups excluding carboxylic acids is 3. The molecule has 0 aliphatic carbocycles. The van der Waals surface area contributed by atoms with Gasteiger partial charge in [-0.05, 0) is 89.9 Å². The van der Waals surface area contributed by atoms with Crippen molar-refractivity contribution in [2.45, 2.75) is 252 Å². The fourth-order valence-electron chi connectivity index (χ4n) is 7.15. The van der Waals surface area contributed by atoms with Crippen molar-refractivity contribution in [2.75, 3.05) is 13.2 Å². The Morgan fingerprint density at radius 3 is 1.03 bits per heavy atom. The van der Waals surface area contributed by atoms with Crippen molar-refractivity contribution in [2.24, 2.45) is 0 Å². The molecule has 0 spiro atoms. The minimum absolute atomic E-state index is 0.0811. The van der Waals surface area contributed by atoms with Crippen molar-refractivity contribution in [3.05, 3.63) is 85.1 Å². The molecule has 0 heterocycles. The number of carbonyl (C=O) groups is 3. The smallest absolute Gasteiger partial charge is 0.306 e. The summed E-state index contributed by atoms with van der Waals surface area (Å²) in [4.78, 5) is 37.8. The Morgan fingerprint density at radius 2 is 0.641 bits per heavy atom. The van der Waals surface area contributed by atoms with E-state index in [1.54, 1.807) is 0 Å². The molecule has 0 saturated carbocycles. The lowest BCUT2D eigenvalue weighted by atomic mass is 10.1. The largest absolute Gasteiger partial charge is 0.462 e. The van der Waals surface area contributed by atoms with E-state index in [1.165, 1.54) is 83.5 Å².